The third kappa shape index (κ3) is 7.48. The van der Waals surface area contributed by atoms with Gasteiger partial charge in [-0.2, -0.15) is 0 Å². The van der Waals surface area contributed by atoms with E-state index in [1.807, 2.05) is 35.8 Å². The molecule has 1 saturated carbocycles. The lowest BCUT2D eigenvalue weighted by molar-refractivity contribution is -0.123. The molecule has 2 amide bonds. The molecule has 1 aliphatic rings. The Labute approximate surface area is 206 Å². The molecule has 34 heavy (non-hydrogen) atoms. The summed E-state index contributed by atoms with van der Waals surface area (Å²) in [5.41, 5.74) is 1.23. The molecule has 9 heteroatoms. The highest BCUT2D eigenvalue weighted by atomic mass is 32.2. The SMILES string of the molecule is CCn1c(CNC(=O)COc2ccc(C(C)C)cc2)nnc1SCC(=O)N[C@@H]1CCCC[C@@H]1C. The van der Waals surface area contributed by atoms with Gasteiger partial charge in [-0.25, -0.2) is 0 Å². The molecule has 1 fully saturated rings. The summed E-state index contributed by atoms with van der Waals surface area (Å²) in [6, 6.07) is 8.05. The van der Waals surface area contributed by atoms with Gasteiger partial charge in [-0.05, 0) is 49.3 Å². The lowest BCUT2D eigenvalue weighted by atomic mass is 9.86. The number of ether oxygens (including phenoxy) is 1. The van der Waals surface area contributed by atoms with Crippen molar-refractivity contribution in [3.8, 4) is 5.75 Å². The monoisotopic (exact) mass is 487 g/mol. The zero-order valence-corrected chi connectivity index (χ0v) is 21.5. The maximum Gasteiger partial charge on any atom is 0.258 e. The molecule has 0 unspecified atom stereocenters. The lowest BCUT2D eigenvalue weighted by Crippen LogP contribution is -2.41. The topological polar surface area (TPSA) is 98.1 Å². The van der Waals surface area contributed by atoms with Gasteiger partial charge >= 0.3 is 0 Å². The number of rotatable bonds is 11. The Hall–Kier alpha value is -2.55. The second-order valence-corrected chi connectivity index (χ2v) is 10.1. The van der Waals surface area contributed by atoms with Crippen LogP contribution in [-0.2, 0) is 22.7 Å². The minimum absolute atomic E-state index is 0.0304. The van der Waals surface area contributed by atoms with Crippen LogP contribution in [0.25, 0.3) is 0 Å². The van der Waals surface area contributed by atoms with Crippen LogP contribution in [-0.4, -0.2) is 45.0 Å². The first-order chi connectivity index (χ1) is 16.4. The van der Waals surface area contributed by atoms with Crippen LogP contribution < -0.4 is 15.4 Å². The summed E-state index contributed by atoms with van der Waals surface area (Å²) in [5, 5.41) is 15.1. The van der Waals surface area contributed by atoms with Crippen LogP contribution in [0.2, 0.25) is 0 Å². The predicted octanol–water partition coefficient (Wildman–Crippen LogP) is 3.90. The van der Waals surface area contributed by atoms with Crippen molar-refractivity contribution in [2.75, 3.05) is 12.4 Å². The molecular formula is C25H37N5O3S. The van der Waals surface area contributed by atoms with E-state index in [0.29, 0.717) is 40.9 Å². The number of hydrogen-bond acceptors (Lipinski definition) is 6. The highest BCUT2D eigenvalue weighted by Gasteiger charge is 2.23. The fraction of sp³-hybridized carbons (Fsp3) is 0.600. The molecule has 2 N–H and O–H groups in total. The molecule has 1 aromatic carbocycles. The van der Waals surface area contributed by atoms with E-state index in [9.17, 15) is 9.59 Å². The number of thioether (sulfide) groups is 1. The van der Waals surface area contributed by atoms with Crippen LogP contribution in [0.5, 0.6) is 5.75 Å². The van der Waals surface area contributed by atoms with Crippen molar-refractivity contribution in [2.45, 2.75) is 83.6 Å². The van der Waals surface area contributed by atoms with Gasteiger partial charge in [0, 0.05) is 12.6 Å². The van der Waals surface area contributed by atoms with Gasteiger partial charge in [-0.1, -0.05) is 57.5 Å². The highest BCUT2D eigenvalue weighted by Crippen LogP contribution is 2.24. The van der Waals surface area contributed by atoms with Crippen molar-refractivity contribution >= 4 is 23.6 Å². The normalized spacial score (nSPS) is 18.0. The Morgan fingerprint density at radius 3 is 2.56 bits per heavy atom. The van der Waals surface area contributed by atoms with Crippen molar-refractivity contribution in [1.29, 1.82) is 0 Å². The van der Waals surface area contributed by atoms with Crippen molar-refractivity contribution in [2.24, 2.45) is 5.92 Å². The maximum atomic E-state index is 12.4. The second-order valence-electron chi connectivity index (χ2n) is 9.16. The minimum atomic E-state index is -0.228. The first-order valence-corrected chi connectivity index (χ1v) is 13.2. The van der Waals surface area contributed by atoms with E-state index in [1.54, 1.807) is 0 Å². The molecule has 0 saturated heterocycles. The molecule has 0 bridgehead atoms. The number of carbonyl (C=O) groups excluding carboxylic acids is 2. The lowest BCUT2D eigenvalue weighted by Gasteiger charge is -2.29. The minimum Gasteiger partial charge on any atom is -0.484 e. The van der Waals surface area contributed by atoms with Gasteiger partial charge in [0.25, 0.3) is 5.91 Å². The van der Waals surface area contributed by atoms with E-state index in [-0.39, 0.29) is 31.0 Å². The van der Waals surface area contributed by atoms with Crippen molar-refractivity contribution in [3.63, 3.8) is 0 Å². The number of benzene rings is 1. The summed E-state index contributed by atoms with van der Waals surface area (Å²) in [7, 11) is 0. The maximum absolute atomic E-state index is 12.4. The Kier molecular flexibility index (Phi) is 9.80. The quantitative estimate of drug-likeness (QED) is 0.467. The van der Waals surface area contributed by atoms with E-state index in [0.717, 1.165) is 6.42 Å². The molecular weight excluding hydrogens is 450 g/mol. The average molecular weight is 488 g/mol. The molecule has 1 aromatic heterocycles. The molecule has 3 rings (SSSR count). The van der Waals surface area contributed by atoms with Crippen molar-refractivity contribution < 1.29 is 14.3 Å². The van der Waals surface area contributed by atoms with E-state index >= 15 is 0 Å². The Balaban J connectivity index is 1.44. The van der Waals surface area contributed by atoms with E-state index in [2.05, 4.69) is 41.6 Å². The van der Waals surface area contributed by atoms with E-state index in [4.69, 9.17) is 4.74 Å². The third-order valence-electron chi connectivity index (χ3n) is 6.26. The summed E-state index contributed by atoms with van der Waals surface area (Å²) in [4.78, 5) is 24.7. The number of nitrogens with one attached hydrogen (secondary N) is 2. The summed E-state index contributed by atoms with van der Waals surface area (Å²) in [6.45, 7) is 9.31. The molecule has 0 spiro atoms. The third-order valence-corrected chi connectivity index (χ3v) is 7.23. The van der Waals surface area contributed by atoms with Crippen molar-refractivity contribution in [1.82, 2.24) is 25.4 Å². The summed E-state index contributed by atoms with van der Waals surface area (Å²) in [6.07, 6.45) is 4.65. The number of carbonyl (C=O) groups is 2. The number of aromatic nitrogens is 3. The number of amides is 2. The molecule has 0 aliphatic heterocycles. The molecule has 2 aromatic rings. The molecule has 186 valence electrons. The van der Waals surface area contributed by atoms with Gasteiger partial charge in [-0.3, -0.25) is 9.59 Å². The van der Waals surface area contributed by atoms with Crippen LogP contribution in [0.1, 0.15) is 70.7 Å². The van der Waals surface area contributed by atoms with Gasteiger partial charge in [0.1, 0.15) is 5.75 Å². The van der Waals surface area contributed by atoms with Crippen LogP contribution >= 0.6 is 11.8 Å². The smallest absolute Gasteiger partial charge is 0.258 e. The second kappa shape index (κ2) is 12.8. The number of nitrogens with zero attached hydrogens (tertiary/aromatic N) is 3. The number of hydrogen-bond donors (Lipinski definition) is 2. The highest BCUT2D eigenvalue weighted by molar-refractivity contribution is 7.99. The van der Waals surface area contributed by atoms with Gasteiger partial charge in [0.15, 0.2) is 17.6 Å². The standard InChI is InChI=1S/C25H37N5O3S/c1-5-30-22(14-26-23(31)15-33-20-12-10-19(11-13-20)17(2)3)28-29-25(30)34-16-24(32)27-21-9-7-6-8-18(21)4/h10-13,17-18,21H,5-9,14-16H2,1-4H3,(H,26,31)(H,27,32)/t18-,21+/m0/s1. The van der Waals surface area contributed by atoms with Gasteiger partial charge < -0.3 is 19.9 Å². The molecule has 8 nitrogen and oxygen atoms in total. The zero-order chi connectivity index (χ0) is 24.5. The summed E-state index contributed by atoms with van der Waals surface area (Å²) >= 11 is 1.38. The fourth-order valence-electron chi connectivity index (χ4n) is 4.11. The van der Waals surface area contributed by atoms with Crippen LogP contribution in [0.15, 0.2) is 29.4 Å². The Morgan fingerprint density at radius 1 is 1.15 bits per heavy atom. The first-order valence-electron chi connectivity index (χ1n) is 12.2. The Bertz CT molecular complexity index is 945. The fourth-order valence-corrected chi connectivity index (χ4v) is 4.94. The molecule has 0 radical (unpaired) electrons. The van der Waals surface area contributed by atoms with E-state index in [1.165, 1.54) is 36.6 Å². The zero-order valence-electron chi connectivity index (χ0n) is 20.7. The molecule has 2 atom stereocenters. The van der Waals surface area contributed by atoms with Crippen LogP contribution in [0.3, 0.4) is 0 Å². The van der Waals surface area contributed by atoms with Crippen LogP contribution in [0.4, 0.5) is 0 Å². The Morgan fingerprint density at radius 2 is 1.88 bits per heavy atom. The average Bonchev–Trinajstić information content (AvgIpc) is 3.23. The predicted molar refractivity (Wildman–Crippen MR) is 134 cm³/mol. The van der Waals surface area contributed by atoms with Gasteiger partial charge in [-0.15, -0.1) is 10.2 Å². The summed E-state index contributed by atoms with van der Waals surface area (Å²) in [5.74, 6) is 2.40. The van der Waals surface area contributed by atoms with E-state index < -0.39 is 0 Å². The first kappa shape index (κ1) is 26.1. The van der Waals surface area contributed by atoms with Gasteiger partial charge in [0.2, 0.25) is 5.91 Å². The largest absolute Gasteiger partial charge is 0.484 e. The van der Waals surface area contributed by atoms with Crippen molar-refractivity contribution in [3.05, 3.63) is 35.7 Å². The van der Waals surface area contributed by atoms with Crippen LogP contribution in [0, 0.1) is 5.92 Å². The van der Waals surface area contributed by atoms with Gasteiger partial charge in [0.05, 0.1) is 12.3 Å². The molecule has 1 heterocycles. The summed E-state index contributed by atoms with van der Waals surface area (Å²) < 4.78 is 7.51. The molecule has 1 aliphatic carbocycles.